The minimum Gasteiger partial charge on any atom is -0.502 e. The Balaban J connectivity index is 1.76. The molecular weight excluding hydrogens is 434 g/mol. The van der Waals surface area contributed by atoms with E-state index in [1.165, 1.54) is 16.9 Å². The van der Waals surface area contributed by atoms with Crippen LogP contribution in [0.4, 0.5) is 8.78 Å². The lowest BCUT2D eigenvalue weighted by atomic mass is 10.0. The number of nitrogens with zero attached hydrogens (tertiary/aromatic N) is 3. The van der Waals surface area contributed by atoms with E-state index in [0.29, 0.717) is 18.9 Å². The number of hydrogen-bond donors (Lipinski definition) is 2. The largest absolute Gasteiger partial charge is 0.502 e. The van der Waals surface area contributed by atoms with E-state index in [1.54, 1.807) is 11.9 Å². The number of nitrogens with one attached hydrogen (secondary N) is 1. The maximum absolute atomic E-state index is 13.9. The zero-order valence-corrected chi connectivity index (χ0v) is 18.7. The van der Waals surface area contributed by atoms with E-state index in [2.05, 4.69) is 5.32 Å². The number of pyridine rings is 1. The van der Waals surface area contributed by atoms with Crippen LogP contribution in [0.25, 0.3) is 0 Å². The summed E-state index contributed by atoms with van der Waals surface area (Å²) in [5.41, 5.74) is -2.17. The number of fused-ring (bicyclic) bond motifs is 1. The fourth-order valence-corrected chi connectivity index (χ4v) is 4.99. The van der Waals surface area contributed by atoms with E-state index in [1.807, 2.05) is 18.9 Å². The number of rotatable bonds is 4. The zero-order valence-electron chi connectivity index (χ0n) is 18.7. The Morgan fingerprint density at radius 2 is 1.88 bits per heavy atom. The van der Waals surface area contributed by atoms with Crippen LogP contribution < -0.4 is 15.8 Å². The van der Waals surface area contributed by atoms with Crippen LogP contribution in [0.3, 0.4) is 0 Å². The standard InChI is InChI=1S/C23H26F2N4O4/c1-13(2)29-23(8-4-5-9-23)27(3)22(33)18-20(31)19(30)16(12-28(18)29)21(32)26-11-14-6-7-15(24)10-17(14)25/h6-7,10,12-13,31H,4-5,8-9,11H2,1-3H3,(H,26,32). The number of carbonyl (C=O) groups excluding carboxylic acids is 2. The third kappa shape index (κ3) is 3.53. The van der Waals surface area contributed by atoms with Gasteiger partial charge < -0.3 is 15.3 Å². The smallest absolute Gasteiger partial charge is 0.278 e. The molecule has 2 heterocycles. The molecule has 1 saturated carbocycles. The predicted molar refractivity (Wildman–Crippen MR) is 117 cm³/mol. The Bertz CT molecular complexity index is 1190. The van der Waals surface area contributed by atoms with Crippen LogP contribution in [0, 0.1) is 11.6 Å². The molecule has 0 unspecified atom stereocenters. The first-order valence-corrected chi connectivity index (χ1v) is 10.9. The zero-order chi connectivity index (χ0) is 24.1. The van der Waals surface area contributed by atoms with Gasteiger partial charge in [0.25, 0.3) is 11.8 Å². The van der Waals surface area contributed by atoms with Crippen molar-refractivity contribution in [3.05, 3.63) is 63.1 Å². The lowest BCUT2D eigenvalue weighted by Crippen LogP contribution is -2.70. The molecule has 176 valence electrons. The molecule has 4 rings (SSSR count). The summed E-state index contributed by atoms with van der Waals surface area (Å²) in [4.78, 5) is 40.4. The van der Waals surface area contributed by atoms with Crippen LogP contribution in [0.1, 0.15) is 65.9 Å². The van der Waals surface area contributed by atoms with Gasteiger partial charge in [0.2, 0.25) is 5.43 Å². The second kappa shape index (κ2) is 8.17. The lowest BCUT2D eigenvalue weighted by Gasteiger charge is -2.54. The monoisotopic (exact) mass is 460 g/mol. The maximum atomic E-state index is 13.9. The molecule has 2 aliphatic rings. The topological polar surface area (TPSA) is 94.9 Å². The highest BCUT2D eigenvalue weighted by molar-refractivity contribution is 5.99. The third-order valence-electron chi connectivity index (χ3n) is 6.55. The highest BCUT2D eigenvalue weighted by Gasteiger charge is 2.52. The predicted octanol–water partition coefficient (Wildman–Crippen LogP) is 2.46. The lowest BCUT2D eigenvalue weighted by molar-refractivity contribution is 0.0345. The SMILES string of the molecule is CC(C)N1n2cc(C(=O)NCc3ccc(F)cc3F)c(=O)c(O)c2C(=O)N(C)C12CCCC2. The molecular formula is C23H26F2N4O4. The molecule has 1 spiro atoms. The average molecular weight is 460 g/mol. The van der Waals surface area contributed by atoms with Crippen molar-refractivity contribution in [3.8, 4) is 5.75 Å². The van der Waals surface area contributed by atoms with Gasteiger partial charge in [0.05, 0.1) is 0 Å². The second-order valence-corrected chi connectivity index (χ2v) is 8.82. The van der Waals surface area contributed by atoms with Crippen LogP contribution in [0.2, 0.25) is 0 Å². The fraction of sp³-hybridized carbons (Fsp3) is 0.435. The third-order valence-corrected chi connectivity index (χ3v) is 6.55. The second-order valence-electron chi connectivity index (χ2n) is 8.82. The van der Waals surface area contributed by atoms with Crippen LogP contribution in [-0.2, 0) is 6.54 Å². The van der Waals surface area contributed by atoms with E-state index in [9.17, 15) is 28.3 Å². The average Bonchev–Trinajstić information content (AvgIpc) is 3.23. The summed E-state index contributed by atoms with van der Waals surface area (Å²) in [7, 11) is 1.66. The van der Waals surface area contributed by atoms with E-state index in [-0.39, 0.29) is 29.4 Å². The first-order chi connectivity index (χ1) is 15.6. The van der Waals surface area contributed by atoms with Gasteiger partial charge in [-0.2, -0.15) is 0 Å². The van der Waals surface area contributed by atoms with Crippen molar-refractivity contribution in [2.24, 2.45) is 0 Å². The van der Waals surface area contributed by atoms with Crippen LogP contribution in [-0.4, -0.2) is 45.2 Å². The van der Waals surface area contributed by atoms with Gasteiger partial charge in [-0.3, -0.25) is 24.1 Å². The minimum absolute atomic E-state index is 0.0394. The van der Waals surface area contributed by atoms with Crippen LogP contribution >= 0.6 is 0 Å². The van der Waals surface area contributed by atoms with E-state index in [4.69, 9.17) is 0 Å². The molecule has 1 fully saturated rings. The summed E-state index contributed by atoms with van der Waals surface area (Å²) < 4.78 is 28.5. The van der Waals surface area contributed by atoms with Crippen molar-refractivity contribution in [3.63, 3.8) is 0 Å². The van der Waals surface area contributed by atoms with E-state index < -0.39 is 40.3 Å². The van der Waals surface area contributed by atoms with Gasteiger partial charge in [-0.1, -0.05) is 6.07 Å². The summed E-state index contributed by atoms with van der Waals surface area (Å²) in [5.74, 6) is -3.73. The molecule has 33 heavy (non-hydrogen) atoms. The van der Waals surface area contributed by atoms with Crippen molar-refractivity contribution in [1.29, 1.82) is 0 Å². The first-order valence-electron chi connectivity index (χ1n) is 10.9. The summed E-state index contributed by atoms with van der Waals surface area (Å²) in [5, 5.41) is 15.0. The van der Waals surface area contributed by atoms with Crippen molar-refractivity contribution < 1.29 is 23.5 Å². The number of benzene rings is 1. The Kier molecular flexibility index (Phi) is 5.63. The molecule has 1 aliphatic carbocycles. The highest BCUT2D eigenvalue weighted by atomic mass is 19.1. The quantitative estimate of drug-likeness (QED) is 0.731. The number of aromatic nitrogens is 1. The number of hydrogen-bond acceptors (Lipinski definition) is 5. The Labute approximate surface area is 189 Å². The van der Waals surface area contributed by atoms with Gasteiger partial charge >= 0.3 is 0 Å². The van der Waals surface area contributed by atoms with Crippen molar-refractivity contribution in [2.45, 2.75) is 57.8 Å². The minimum atomic E-state index is -0.994. The van der Waals surface area contributed by atoms with Crippen molar-refractivity contribution >= 4 is 11.8 Å². The molecule has 10 heteroatoms. The van der Waals surface area contributed by atoms with Gasteiger partial charge in [-0.05, 0) is 45.6 Å². The normalized spacial score (nSPS) is 17.1. The number of aromatic hydroxyl groups is 1. The summed E-state index contributed by atoms with van der Waals surface area (Å²) in [6.45, 7) is 3.58. The summed E-state index contributed by atoms with van der Waals surface area (Å²) in [6.07, 6.45) is 4.52. The molecule has 1 aromatic carbocycles. The molecule has 0 radical (unpaired) electrons. The van der Waals surface area contributed by atoms with Gasteiger partial charge in [-0.15, -0.1) is 0 Å². The Hall–Kier alpha value is -3.43. The van der Waals surface area contributed by atoms with E-state index >= 15 is 0 Å². The molecule has 2 aromatic rings. The molecule has 0 saturated heterocycles. The first kappa shape index (κ1) is 22.8. The molecule has 8 nitrogen and oxygen atoms in total. The van der Waals surface area contributed by atoms with Crippen molar-refractivity contribution in [2.75, 3.05) is 12.1 Å². The van der Waals surface area contributed by atoms with Gasteiger partial charge in [0.15, 0.2) is 11.4 Å². The molecule has 2 amide bonds. The number of carbonyl (C=O) groups is 2. The number of amides is 2. The molecule has 2 N–H and O–H groups in total. The number of halogens is 2. The fourth-order valence-electron chi connectivity index (χ4n) is 4.99. The molecule has 1 aromatic heterocycles. The van der Waals surface area contributed by atoms with Gasteiger partial charge in [0.1, 0.15) is 22.9 Å². The highest BCUT2D eigenvalue weighted by Crippen LogP contribution is 2.42. The Morgan fingerprint density at radius 3 is 2.48 bits per heavy atom. The van der Waals surface area contributed by atoms with Crippen LogP contribution in [0.15, 0.2) is 29.2 Å². The Morgan fingerprint density at radius 1 is 1.21 bits per heavy atom. The summed E-state index contributed by atoms with van der Waals surface area (Å²) >= 11 is 0. The molecule has 0 bridgehead atoms. The van der Waals surface area contributed by atoms with E-state index in [0.717, 1.165) is 18.9 Å². The summed E-state index contributed by atoms with van der Waals surface area (Å²) in [6, 6.07) is 2.84. The van der Waals surface area contributed by atoms with Gasteiger partial charge in [0, 0.05) is 37.5 Å². The molecule has 1 aliphatic heterocycles. The maximum Gasteiger partial charge on any atom is 0.278 e. The van der Waals surface area contributed by atoms with Crippen LogP contribution in [0.5, 0.6) is 5.75 Å². The molecule has 0 atom stereocenters. The van der Waals surface area contributed by atoms with Crippen molar-refractivity contribution in [1.82, 2.24) is 14.9 Å². The van der Waals surface area contributed by atoms with Gasteiger partial charge in [-0.25, -0.2) is 8.78 Å².